The summed E-state index contributed by atoms with van der Waals surface area (Å²) in [5.41, 5.74) is 2.70. The van der Waals surface area contributed by atoms with Gasteiger partial charge in [0.05, 0.1) is 19.3 Å². The van der Waals surface area contributed by atoms with E-state index in [1.807, 2.05) is 10.9 Å². The normalized spacial score (nSPS) is 26.6. The van der Waals surface area contributed by atoms with Gasteiger partial charge in [0, 0.05) is 17.3 Å². The van der Waals surface area contributed by atoms with Crippen LogP contribution in [0.2, 0.25) is 0 Å². The lowest BCUT2D eigenvalue weighted by molar-refractivity contribution is 0.266. The molecule has 1 aromatic heterocycles. The zero-order chi connectivity index (χ0) is 13.1. The van der Waals surface area contributed by atoms with Crippen molar-refractivity contribution in [2.75, 3.05) is 24.7 Å². The molecule has 0 saturated carbocycles. The van der Waals surface area contributed by atoms with E-state index in [1.165, 1.54) is 42.0 Å². The molecule has 0 bridgehead atoms. The molecule has 0 aromatic carbocycles. The molecule has 1 fully saturated rings. The van der Waals surface area contributed by atoms with Gasteiger partial charge < -0.3 is 10.4 Å². The molecule has 2 unspecified atom stereocenters. The average Bonchev–Trinajstić information content (AvgIpc) is 3.07. The average molecular weight is 281 g/mol. The fraction of sp³-hybridized carbons (Fsp3) is 0.786. The predicted octanol–water partition coefficient (Wildman–Crippen LogP) is 1.60. The lowest BCUT2D eigenvalue weighted by atomic mass is 9.92. The molecule has 1 saturated heterocycles. The van der Waals surface area contributed by atoms with E-state index in [0.717, 1.165) is 18.9 Å². The van der Waals surface area contributed by atoms with Crippen LogP contribution in [-0.2, 0) is 13.0 Å². The molecule has 19 heavy (non-hydrogen) atoms. The zero-order valence-electron chi connectivity index (χ0n) is 11.3. The van der Waals surface area contributed by atoms with Crippen LogP contribution < -0.4 is 5.32 Å². The maximum absolute atomic E-state index is 9.07. The van der Waals surface area contributed by atoms with Crippen LogP contribution in [0.25, 0.3) is 0 Å². The highest BCUT2D eigenvalue weighted by Crippen LogP contribution is 2.30. The maximum Gasteiger partial charge on any atom is 0.0644 e. The van der Waals surface area contributed by atoms with Gasteiger partial charge in [0.25, 0.3) is 0 Å². The fourth-order valence-corrected chi connectivity index (χ4v) is 4.46. The van der Waals surface area contributed by atoms with Crippen molar-refractivity contribution in [3.8, 4) is 0 Å². The van der Waals surface area contributed by atoms with Crippen LogP contribution in [0.1, 0.15) is 36.6 Å². The number of aliphatic hydroxyl groups excluding tert-OH is 1. The molecule has 3 rings (SSSR count). The third-order valence-electron chi connectivity index (χ3n) is 4.25. The van der Waals surface area contributed by atoms with Gasteiger partial charge in [0.15, 0.2) is 0 Å². The summed E-state index contributed by atoms with van der Waals surface area (Å²) in [7, 11) is 0. The minimum Gasteiger partial charge on any atom is -0.394 e. The number of aromatic nitrogens is 2. The van der Waals surface area contributed by atoms with Crippen molar-refractivity contribution in [3.63, 3.8) is 0 Å². The summed E-state index contributed by atoms with van der Waals surface area (Å²) in [6.07, 6.45) is 6.91. The second kappa shape index (κ2) is 6.29. The second-order valence-corrected chi connectivity index (χ2v) is 6.73. The minimum absolute atomic E-state index is 0.172. The fourth-order valence-electron chi connectivity index (χ4n) is 3.17. The van der Waals surface area contributed by atoms with E-state index >= 15 is 0 Å². The molecule has 0 amide bonds. The van der Waals surface area contributed by atoms with Crippen molar-refractivity contribution in [1.29, 1.82) is 0 Å². The van der Waals surface area contributed by atoms with Crippen molar-refractivity contribution < 1.29 is 5.11 Å². The molecule has 2 heterocycles. The number of aliphatic hydroxyl groups is 1. The summed E-state index contributed by atoms with van der Waals surface area (Å²) in [6, 6.07) is 0.474. The van der Waals surface area contributed by atoms with Crippen molar-refractivity contribution in [2.24, 2.45) is 5.92 Å². The Morgan fingerprint density at radius 1 is 1.47 bits per heavy atom. The Kier molecular flexibility index (Phi) is 4.45. The van der Waals surface area contributed by atoms with E-state index < -0.39 is 0 Å². The molecule has 1 aliphatic heterocycles. The molecule has 5 heteroatoms. The van der Waals surface area contributed by atoms with Gasteiger partial charge >= 0.3 is 0 Å². The van der Waals surface area contributed by atoms with Gasteiger partial charge in [-0.1, -0.05) is 0 Å². The zero-order valence-corrected chi connectivity index (χ0v) is 12.2. The van der Waals surface area contributed by atoms with Crippen molar-refractivity contribution in [3.05, 3.63) is 17.5 Å². The van der Waals surface area contributed by atoms with Gasteiger partial charge in [0.2, 0.25) is 0 Å². The topological polar surface area (TPSA) is 50.1 Å². The Labute approximate surface area is 119 Å². The second-order valence-electron chi connectivity index (χ2n) is 5.58. The highest BCUT2D eigenvalue weighted by molar-refractivity contribution is 7.99. The van der Waals surface area contributed by atoms with Crippen LogP contribution in [0.4, 0.5) is 0 Å². The molecule has 2 aliphatic rings. The molecule has 0 radical (unpaired) electrons. The standard InChI is InChI=1S/C14H23N3OS/c18-6-5-17-14-3-1-2-13(12(14)9-16-17)15-8-11-4-7-19-10-11/h9,11,13,15,18H,1-8,10H2. The van der Waals surface area contributed by atoms with Crippen LogP contribution in [0, 0.1) is 5.92 Å². The highest BCUT2D eigenvalue weighted by Gasteiger charge is 2.25. The lowest BCUT2D eigenvalue weighted by Crippen LogP contribution is -2.30. The number of nitrogens with one attached hydrogen (secondary N) is 1. The van der Waals surface area contributed by atoms with Crippen LogP contribution in [0.5, 0.6) is 0 Å². The van der Waals surface area contributed by atoms with Crippen molar-refractivity contribution in [2.45, 2.75) is 38.3 Å². The van der Waals surface area contributed by atoms with Gasteiger partial charge in [-0.2, -0.15) is 16.9 Å². The molecule has 1 aromatic rings. The number of hydrogen-bond donors (Lipinski definition) is 2. The first kappa shape index (κ1) is 13.5. The smallest absolute Gasteiger partial charge is 0.0644 e. The minimum atomic E-state index is 0.172. The predicted molar refractivity (Wildman–Crippen MR) is 78.4 cm³/mol. The Bertz CT molecular complexity index is 415. The summed E-state index contributed by atoms with van der Waals surface area (Å²) < 4.78 is 1.98. The first-order valence-electron chi connectivity index (χ1n) is 7.35. The number of thioether (sulfide) groups is 1. The van der Waals surface area contributed by atoms with E-state index in [9.17, 15) is 0 Å². The summed E-state index contributed by atoms with van der Waals surface area (Å²) in [5.74, 6) is 3.50. The first-order chi connectivity index (χ1) is 9.38. The third kappa shape index (κ3) is 2.98. The van der Waals surface area contributed by atoms with Crippen molar-refractivity contribution in [1.82, 2.24) is 15.1 Å². The SMILES string of the molecule is OCCn1ncc2c1CCCC2NCC1CCSC1. The van der Waals surface area contributed by atoms with Gasteiger partial charge in [-0.3, -0.25) is 4.68 Å². The number of nitrogens with zero attached hydrogens (tertiary/aromatic N) is 2. The third-order valence-corrected chi connectivity index (χ3v) is 5.48. The summed E-state index contributed by atoms with van der Waals surface area (Å²) >= 11 is 2.08. The maximum atomic E-state index is 9.07. The number of fused-ring (bicyclic) bond motifs is 1. The number of rotatable bonds is 5. The van der Waals surface area contributed by atoms with Crippen LogP contribution in [0.3, 0.4) is 0 Å². The Balaban J connectivity index is 1.64. The van der Waals surface area contributed by atoms with Gasteiger partial charge in [-0.05, 0) is 49.7 Å². The molecule has 106 valence electrons. The molecule has 4 nitrogen and oxygen atoms in total. The van der Waals surface area contributed by atoms with E-state index in [4.69, 9.17) is 5.11 Å². The highest BCUT2D eigenvalue weighted by atomic mass is 32.2. The van der Waals surface area contributed by atoms with E-state index in [2.05, 4.69) is 22.2 Å². The molecular weight excluding hydrogens is 258 g/mol. The summed E-state index contributed by atoms with van der Waals surface area (Å²) in [6.45, 7) is 1.94. The van der Waals surface area contributed by atoms with Crippen LogP contribution in [0.15, 0.2) is 6.20 Å². The molecule has 0 spiro atoms. The van der Waals surface area contributed by atoms with Gasteiger partial charge in [0.1, 0.15) is 0 Å². The Morgan fingerprint density at radius 3 is 3.21 bits per heavy atom. The van der Waals surface area contributed by atoms with Gasteiger partial charge in [-0.25, -0.2) is 0 Å². The largest absolute Gasteiger partial charge is 0.394 e. The molecule has 2 atom stereocenters. The summed E-state index contributed by atoms with van der Waals surface area (Å²) in [5, 5.41) is 17.2. The van der Waals surface area contributed by atoms with Crippen molar-refractivity contribution >= 4 is 11.8 Å². The van der Waals surface area contributed by atoms with Gasteiger partial charge in [-0.15, -0.1) is 0 Å². The number of hydrogen-bond acceptors (Lipinski definition) is 4. The molecule has 1 aliphatic carbocycles. The Morgan fingerprint density at radius 2 is 2.42 bits per heavy atom. The Hall–Kier alpha value is -0.520. The monoisotopic (exact) mass is 281 g/mol. The van der Waals surface area contributed by atoms with E-state index in [-0.39, 0.29) is 6.61 Å². The quantitative estimate of drug-likeness (QED) is 0.860. The first-order valence-corrected chi connectivity index (χ1v) is 8.50. The molecular formula is C14H23N3OS. The van der Waals surface area contributed by atoms with Crippen LogP contribution >= 0.6 is 11.8 Å². The van der Waals surface area contributed by atoms with E-state index in [0.29, 0.717) is 12.6 Å². The molecule has 2 N–H and O–H groups in total. The summed E-state index contributed by atoms with van der Waals surface area (Å²) in [4.78, 5) is 0. The van der Waals surface area contributed by atoms with Crippen LogP contribution in [-0.4, -0.2) is 39.5 Å². The lowest BCUT2D eigenvalue weighted by Gasteiger charge is -2.25. The van der Waals surface area contributed by atoms with E-state index in [1.54, 1.807) is 0 Å².